The first kappa shape index (κ1) is 14.8. The molecule has 1 aromatic heterocycles. The molecule has 22 heavy (non-hydrogen) atoms. The van der Waals surface area contributed by atoms with Gasteiger partial charge in [-0.3, -0.25) is 4.79 Å². The lowest BCUT2D eigenvalue weighted by Gasteiger charge is -1.98. The molecule has 0 aliphatic heterocycles. The van der Waals surface area contributed by atoms with Gasteiger partial charge < -0.3 is 5.32 Å². The van der Waals surface area contributed by atoms with Crippen LogP contribution < -0.4 is 5.32 Å². The molecule has 0 radical (unpaired) electrons. The molecule has 0 saturated carbocycles. The van der Waals surface area contributed by atoms with Gasteiger partial charge in [0.05, 0.1) is 16.8 Å². The van der Waals surface area contributed by atoms with Crippen LogP contribution in [0, 0.1) is 0 Å². The Kier molecular flexibility index (Phi) is 4.51. The van der Waals surface area contributed by atoms with E-state index in [1.54, 1.807) is 29.5 Å². The van der Waals surface area contributed by atoms with Crippen molar-refractivity contribution < 1.29 is 4.79 Å². The van der Waals surface area contributed by atoms with E-state index in [9.17, 15) is 4.79 Å². The molecule has 1 heterocycles. The summed E-state index contributed by atoms with van der Waals surface area (Å²) in [6.07, 6.45) is 3.23. The first-order valence-corrected chi connectivity index (χ1v) is 7.96. The van der Waals surface area contributed by atoms with E-state index < -0.39 is 0 Å². The first-order valence-electron chi connectivity index (χ1n) is 6.77. The molecule has 0 spiro atoms. The van der Waals surface area contributed by atoms with Gasteiger partial charge in [0.2, 0.25) is 5.91 Å². The molecule has 3 rings (SSSR count). The number of carbonyl (C=O) groups is 1. The maximum absolute atomic E-state index is 11.8. The lowest BCUT2D eigenvalue weighted by Crippen LogP contribution is -2.19. The number of amides is 1. The number of benzene rings is 2. The minimum atomic E-state index is -0.153. The number of carbonyl (C=O) groups excluding carboxylic acids is 1. The molecule has 0 bridgehead atoms. The fraction of sp³-hybridized carbons (Fsp3) is 0.0588. The quantitative estimate of drug-likeness (QED) is 0.726. The van der Waals surface area contributed by atoms with Crippen LogP contribution in [-0.2, 0) is 11.3 Å². The third kappa shape index (κ3) is 3.72. The lowest BCUT2D eigenvalue weighted by molar-refractivity contribution is -0.116. The molecule has 0 saturated heterocycles. The molecule has 0 fully saturated rings. The molecule has 2 aromatic carbocycles. The fourth-order valence-corrected chi connectivity index (χ4v) is 3.11. The van der Waals surface area contributed by atoms with Gasteiger partial charge in [-0.1, -0.05) is 35.9 Å². The van der Waals surface area contributed by atoms with Crippen LogP contribution in [0.3, 0.4) is 0 Å². The molecular formula is C17H13ClN2OS. The number of aromatic nitrogens is 1. The highest BCUT2D eigenvalue weighted by molar-refractivity contribution is 7.18. The van der Waals surface area contributed by atoms with Gasteiger partial charge in [-0.15, -0.1) is 11.3 Å². The fourth-order valence-electron chi connectivity index (χ4n) is 2.00. The number of rotatable bonds is 4. The smallest absolute Gasteiger partial charge is 0.244 e. The van der Waals surface area contributed by atoms with E-state index in [1.807, 2.05) is 36.4 Å². The zero-order chi connectivity index (χ0) is 15.4. The molecule has 0 aliphatic carbocycles. The van der Waals surface area contributed by atoms with Crippen molar-refractivity contribution in [2.75, 3.05) is 0 Å². The van der Waals surface area contributed by atoms with Gasteiger partial charge in [0.1, 0.15) is 5.01 Å². The number of para-hydroxylation sites is 1. The largest absolute Gasteiger partial charge is 0.346 e. The summed E-state index contributed by atoms with van der Waals surface area (Å²) in [5.74, 6) is -0.153. The summed E-state index contributed by atoms with van der Waals surface area (Å²) in [5, 5.41) is 4.38. The van der Waals surface area contributed by atoms with Crippen molar-refractivity contribution in [1.29, 1.82) is 0 Å². The molecule has 0 aliphatic rings. The van der Waals surface area contributed by atoms with Crippen molar-refractivity contribution in [3.63, 3.8) is 0 Å². The average Bonchev–Trinajstić information content (AvgIpc) is 2.94. The zero-order valence-electron chi connectivity index (χ0n) is 11.6. The Bertz CT molecular complexity index is 808. The van der Waals surface area contributed by atoms with Gasteiger partial charge >= 0.3 is 0 Å². The highest BCUT2D eigenvalue weighted by Gasteiger charge is 2.03. The Morgan fingerprint density at radius 1 is 1.23 bits per heavy atom. The Morgan fingerprint density at radius 3 is 2.91 bits per heavy atom. The molecule has 3 aromatic rings. The minimum absolute atomic E-state index is 0.153. The van der Waals surface area contributed by atoms with Crippen LogP contribution in [0.15, 0.2) is 54.6 Å². The molecule has 3 nitrogen and oxygen atoms in total. The summed E-state index contributed by atoms with van der Waals surface area (Å²) in [5.41, 5.74) is 1.86. The second-order valence-electron chi connectivity index (χ2n) is 4.68. The second kappa shape index (κ2) is 6.73. The Balaban J connectivity index is 1.60. The highest BCUT2D eigenvalue weighted by Crippen LogP contribution is 2.21. The third-order valence-electron chi connectivity index (χ3n) is 3.03. The average molecular weight is 329 g/mol. The lowest BCUT2D eigenvalue weighted by atomic mass is 10.2. The van der Waals surface area contributed by atoms with Crippen LogP contribution in [0.25, 0.3) is 16.3 Å². The van der Waals surface area contributed by atoms with Crippen LogP contribution >= 0.6 is 22.9 Å². The number of halogens is 1. The number of thiazole rings is 1. The van der Waals surface area contributed by atoms with Crippen molar-refractivity contribution in [1.82, 2.24) is 10.3 Å². The van der Waals surface area contributed by atoms with Gasteiger partial charge in [-0.25, -0.2) is 4.98 Å². The monoisotopic (exact) mass is 328 g/mol. The van der Waals surface area contributed by atoms with E-state index in [1.165, 1.54) is 6.08 Å². The van der Waals surface area contributed by atoms with Crippen LogP contribution in [-0.4, -0.2) is 10.9 Å². The van der Waals surface area contributed by atoms with Gasteiger partial charge in [-0.2, -0.15) is 0 Å². The van der Waals surface area contributed by atoms with E-state index in [0.29, 0.717) is 11.6 Å². The molecular weight excluding hydrogens is 316 g/mol. The SMILES string of the molecule is O=C(/C=C/c1cccc(Cl)c1)NCc1nc2ccccc2s1. The van der Waals surface area contributed by atoms with Crippen molar-refractivity contribution in [2.45, 2.75) is 6.54 Å². The normalized spacial score (nSPS) is 11.1. The molecule has 5 heteroatoms. The van der Waals surface area contributed by atoms with Crippen LogP contribution in [0.4, 0.5) is 0 Å². The number of fused-ring (bicyclic) bond motifs is 1. The van der Waals surface area contributed by atoms with E-state index in [2.05, 4.69) is 10.3 Å². The van der Waals surface area contributed by atoms with Crippen LogP contribution in [0.2, 0.25) is 5.02 Å². The molecule has 1 N–H and O–H groups in total. The summed E-state index contributed by atoms with van der Waals surface area (Å²) >= 11 is 7.49. The van der Waals surface area contributed by atoms with Crippen molar-refractivity contribution in [2.24, 2.45) is 0 Å². The summed E-state index contributed by atoms with van der Waals surface area (Å²) in [4.78, 5) is 16.3. The van der Waals surface area contributed by atoms with E-state index in [0.717, 1.165) is 20.8 Å². The molecule has 0 unspecified atom stereocenters. The number of hydrogen-bond donors (Lipinski definition) is 1. The van der Waals surface area contributed by atoms with Gasteiger partial charge in [0, 0.05) is 11.1 Å². The molecule has 0 atom stereocenters. The maximum atomic E-state index is 11.8. The topological polar surface area (TPSA) is 42.0 Å². The molecule has 1 amide bonds. The number of nitrogens with zero attached hydrogens (tertiary/aromatic N) is 1. The summed E-state index contributed by atoms with van der Waals surface area (Å²) in [7, 11) is 0. The molecule has 110 valence electrons. The first-order chi connectivity index (χ1) is 10.7. The zero-order valence-corrected chi connectivity index (χ0v) is 13.2. The second-order valence-corrected chi connectivity index (χ2v) is 6.23. The standard InChI is InChI=1S/C17H13ClN2OS/c18-13-5-3-4-12(10-13)8-9-16(21)19-11-17-20-14-6-1-2-7-15(14)22-17/h1-10H,11H2,(H,19,21)/b9-8+. The van der Waals surface area contributed by atoms with Gasteiger partial charge in [0.25, 0.3) is 0 Å². The van der Waals surface area contributed by atoms with E-state index in [4.69, 9.17) is 11.6 Å². The van der Waals surface area contributed by atoms with Crippen LogP contribution in [0.1, 0.15) is 10.6 Å². The van der Waals surface area contributed by atoms with Gasteiger partial charge in [-0.05, 0) is 35.9 Å². The number of nitrogens with one attached hydrogen (secondary N) is 1. The minimum Gasteiger partial charge on any atom is -0.346 e. The van der Waals surface area contributed by atoms with Crippen LogP contribution in [0.5, 0.6) is 0 Å². The third-order valence-corrected chi connectivity index (χ3v) is 4.30. The van der Waals surface area contributed by atoms with E-state index >= 15 is 0 Å². The van der Waals surface area contributed by atoms with Crippen molar-refractivity contribution in [3.8, 4) is 0 Å². The Labute approximate surface area is 137 Å². The summed E-state index contributed by atoms with van der Waals surface area (Å²) in [6.45, 7) is 0.429. The Hall–Kier alpha value is -2.17. The van der Waals surface area contributed by atoms with E-state index in [-0.39, 0.29) is 5.91 Å². The van der Waals surface area contributed by atoms with Gasteiger partial charge in [0.15, 0.2) is 0 Å². The predicted molar refractivity (Wildman–Crippen MR) is 92.0 cm³/mol. The summed E-state index contributed by atoms with van der Waals surface area (Å²) in [6, 6.07) is 15.3. The number of hydrogen-bond acceptors (Lipinski definition) is 3. The van der Waals surface area contributed by atoms with Crippen molar-refractivity contribution >= 4 is 45.1 Å². The summed E-state index contributed by atoms with van der Waals surface area (Å²) < 4.78 is 1.13. The van der Waals surface area contributed by atoms with Crippen molar-refractivity contribution in [3.05, 3.63) is 70.2 Å². The highest BCUT2D eigenvalue weighted by atomic mass is 35.5. The maximum Gasteiger partial charge on any atom is 0.244 e. The predicted octanol–water partition coefficient (Wildman–Crippen LogP) is 4.28. The Morgan fingerprint density at radius 2 is 2.09 bits per heavy atom.